The summed E-state index contributed by atoms with van der Waals surface area (Å²) in [5, 5.41) is 19.8. The fourth-order valence-electron chi connectivity index (χ4n) is 2.53. The summed E-state index contributed by atoms with van der Waals surface area (Å²) in [5.41, 5.74) is 0. The van der Waals surface area contributed by atoms with Crippen LogP contribution in [0.15, 0.2) is 41.3 Å². The van der Waals surface area contributed by atoms with Crippen molar-refractivity contribution in [1.82, 2.24) is 4.90 Å². The zero-order chi connectivity index (χ0) is 20.4. The number of hydrogen-bond acceptors (Lipinski definition) is 6. The number of carbonyl (C=O) groups is 2. The van der Waals surface area contributed by atoms with Crippen LogP contribution in [0.3, 0.4) is 0 Å². The summed E-state index contributed by atoms with van der Waals surface area (Å²) in [6.07, 6.45) is 0.311. The lowest BCUT2D eigenvalue weighted by Gasteiger charge is -2.20. The molecule has 1 amide bonds. The zero-order valence-corrected chi connectivity index (χ0v) is 16.6. The summed E-state index contributed by atoms with van der Waals surface area (Å²) in [6, 6.07) is 15.2. The van der Waals surface area contributed by atoms with E-state index >= 15 is 0 Å². The van der Waals surface area contributed by atoms with E-state index in [4.69, 9.17) is 26.9 Å². The molecule has 6 nitrogen and oxygen atoms in total. The molecule has 0 aliphatic carbocycles. The highest BCUT2D eigenvalue weighted by molar-refractivity contribution is 8.00. The van der Waals surface area contributed by atoms with Gasteiger partial charge in [-0.3, -0.25) is 9.59 Å². The van der Waals surface area contributed by atoms with Crippen molar-refractivity contribution in [1.29, 1.82) is 10.5 Å². The molecule has 2 rings (SSSR count). The van der Waals surface area contributed by atoms with Gasteiger partial charge in [0.25, 0.3) is 5.91 Å². The van der Waals surface area contributed by atoms with Gasteiger partial charge < -0.3 is 9.64 Å². The lowest BCUT2D eigenvalue weighted by molar-refractivity contribution is -0.149. The number of benzene rings is 2. The Morgan fingerprint density at radius 3 is 2.36 bits per heavy atom. The lowest BCUT2D eigenvalue weighted by Crippen LogP contribution is -2.36. The number of nitriles is 2. The van der Waals surface area contributed by atoms with Crippen molar-refractivity contribution in [3.05, 3.63) is 41.4 Å². The molecule has 0 saturated heterocycles. The second-order valence-corrected chi connectivity index (χ2v) is 7.16. The van der Waals surface area contributed by atoms with Crippen LogP contribution in [0.25, 0.3) is 10.8 Å². The molecule has 28 heavy (non-hydrogen) atoms. The minimum Gasteiger partial charge on any atom is -0.455 e. The highest BCUT2D eigenvalue weighted by Crippen LogP contribution is 2.33. The Kier molecular flexibility index (Phi) is 8.61. The van der Waals surface area contributed by atoms with Crippen LogP contribution in [-0.4, -0.2) is 42.2 Å². The van der Waals surface area contributed by atoms with Gasteiger partial charge in [0, 0.05) is 28.4 Å². The van der Waals surface area contributed by atoms with Crippen molar-refractivity contribution in [2.75, 3.05) is 25.4 Å². The molecule has 0 aliphatic rings. The van der Waals surface area contributed by atoms with Crippen LogP contribution in [0.5, 0.6) is 0 Å². The van der Waals surface area contributed by atoms with E-state index in [0.717, 1.165) is 15.7 Å². The van der Waals surface area contributed by atoms with Crippen molar-refractivity contribution in [3.63, 3.8) is 0 Å². The minimum atomic E-state index is -0.525. The second kappa shape index (κ2) is 11.2. The number of rotatable bonds is 9. The van der Waals surface area contributed by atoms with Gasteiger partial charge in [0.2, 0.25) is 0 Å². The summed E-state index contributed by atoms with van der Waals surface area (Å²) < 4.78 is 5.06. The lowest BCUT2D eigenvalue weighted by atomic mass is 10.1. The van der Waals surface area contributed by atoms with E-state index in [9.17, 15) is 9.59 Å². The molecule has 2 aromatic rings. The standard InChI is InChI=1S/C20H18ClN3O3S/c21-16-7-1-5-15-6-2-8-17(20(15)16)28-14-19(26)27-13-18(25)24(11-3-9-22)12-4-10-23/h1-2,5-8H,3-4,11-14H2. The van der Waals surface area contributed by atoms with Gasteiger partial charge in [-0.2, -0.15) is 10.5 Å². The smallest absolute Gasteiger partial charge is 0.316 e. The molecule has 8 heteroatoms. The van der Waals surface area contributed by atoms with E-state index < -0.39 is 18.5 Å². The quantitative estimate of drug-likeness (QED) is 0.457. The number of thioether (sulfide) groups is 1. The van der Waals surface area contributed by atoms with Crippen molar-refractivity contribution in [3.8, 4) is 12.1 Å². The Bertz CT molecular complexity index is 913. The maximum atomic E-state index is 12.2. The molecule has 0 atom stereocenters. The molecule has 0 saturated carbocycles. The number of fused-ring (bicyclic) bond motifs is 1. The maximum absolute atomic E-state index is 12.2. The van der Waals surface area contributed by atoms with Gasteiger partial charge in [0.1, 0.15) is 0 Å². The number of nitrogens with zero attached hydrogens (tertiary/aromatic N) is 3. The highest BCUT2D eigenvalue weighted by Gasteiger charge is 2.16. The van der Waals surface area contributed by atoms with Crippen LogP contribution in [0.1, 0.15) is 12.8 Å². The molecule has 0 fully saturated rings. The normalized spacial score (nSPS) is 10.1. The third kappa shape index (κ3) is 6.16. The summed E-state index contributed by atoms with van der Waals surface area (Å²) in [7, 11) is 0. The predicted molar refractivity (Wildman–Crippen MR) is 108 cm³/mol. The Labute approximate surface area is 172 Å². The Morgan fingerprint density at radius 2 is 1.71 bits per heavy atom. The SMILES string of the molecule is N#CCCN(CCC#N)C(=O)COC(=O)CSc1cccc2cccc(Cl)c12. The number of halogens is 1. The monoisotopic (exact) mass is 415 g/mol. The molecular weight excluding hydrogens is 398 g/mol. The van der Waals surface area contributed by atoms with Gasteiger partial charge in [0.05, 0.1) is 30.7 Å². The predicted octanol–water partition coefficient (Wildman–Crippen LogP) is 3.78. The molecule has 0 aliphatic heterocycles. The van der Waals surface area contributed by atoms with Gasteiger partial charge in [-0.25, -0.2) is 0 Å². The Balaban J connectivity index is 1.90. The number of amides is 1. The topological polar surface area (TPSA) is 94.2 Å². The van der Waals surface area contributed by atoms with Gasteiger partial charge in [-0.1, -0.05) is 35.9 Å². The molecule has 0 unspecified atom stereocenters. The summed E-state index contributed by atoms with van der Waals surface area (Å²) in [4.78, 5) is 26.4. The molecule has 0 radical (unpaired) electrons. The molecule has 0 heterocycles. The van der Waals surface area contributed by atoms with Crippen LogP contribution in [-0.2, 0) is 14.3 Å². The summed E-state index contributed by atoms with van der Waals surface area (Å²) >= 11 is 7.56. The van der Waals surface area contributed by atoms with Crippen LogP contribution in [0.2, 0.25) is 5.02 Å². The van der Waals surface area contributed by atoms with Crippen LogP contribution in [0, 0.1) is 22.7 Å². The largest absolute Gasteiger partial charge is 0.455 e. The van der Waals surface area contributed by atoms with E-state index in [1.54, 1.807) is 6.07 Å². The van der Waals surface area contributed by atoms with Crippen LogP contribution < -0.4 is 0 Å². The first-order valence-electron chi connectivity index (χ1n) is 8.54. The molecule has 2 aromatic carbocycles. The molecular formula is C20H18ClN3O3S. The van der Waals surface area contributed by atoms with Gasteiger partial charge in [-0.05, 0) is 17.5 Å². The van der Waals surface area contributed by atoms with E-state index in [1.165, 1.54) is 16.7 Å². The number of ether oxygens (including phenoxy) is 1. The second-order valence-electron chi connectivity index (χ2n) is 5.74. The molecule has 0 N–H and O–H groups in total. The van der Waals surface area contributed by atoms with E-state index in [1.807, 2.05) is 42.5 Å². The van der Waals surface area contributed by atoms with Crippen molar-refractivity contribution >= 4 is 46.0 Å². The summed E-state index contributed by atoms with van der Waals surface area (Å²) in [6.45, 7) is 0.00216. The van der Waals surface area contributed by atoms with Gasteiger partial charge >= 0.3 is 5.97 Å². The maximum Gasteiger partial charge on any atom is 0.316 e. The summed E-state index contributed by atoms with van der Waals surface area (Å²) in [5.74, 6) is -0.909. The van der Waals surface area contributed by atoms with E-state index in [0.29, 0.717) is 5.02 Å². The number of hydrogen-bond donors (Lipinski definition) is 0. The number of carbonyl (C=O) groups excluding carboxylic acids is 2. The molecule has 0 bridgehead atoms. The Morgan fingerprint density at radius 1 is 1.07 bits per heavy atom. The van der Waals surface area contributed by atoms with Crippen molar-refractivity contribution in [2.24, 2.45) is 0 Å². The molecule has 0 aromatic heterocycles. The first-order chi connectivity index (χ1) is 13.6. The Hall–Kier alpha value is -2.74. The minimum absolute atomic E-state index is 0.0357. The van der Waals surface area contributed by atoms with E-state index in [-0.39, 0.29) is 31.7 Å². The van der Waals surface area contributed by atoms with Gasteiger partial charge in [0.15, 0.2) is 6.61 Å². The van der Waals surface area contributed by atoms with Gasteiger partial charge in [-0.15, -0.1) is 11.8 Å². The fourth-order valence-corrected chi connectivity index (χ4v) is 3.77. The average molecular weight is 416 g/mol. The average Bonchev–Trinajstić information content (AvgIpc) is 2.70. The highest BCUT2D eigenvalue weighted by atomic mass is 35.5. The fraction of sp³-hybridized carbons (Fsp3) is 0.300. The van der Waals surface area contributed by atoms with E-state index in [2.05, 4.69) is 0 Å². The first kappa shape index (κ1) is 21.6. The van der Waals surface area contributed by atoms with Crippen molar-refractivity contribution < 1.29 is 14.3 Å². The third-order valence-electron chi connectivity index (χ3n) is 3.86. The first-order valence-corrected chi connectivity index (χ1v) is 9.90. The molecule has 0 spiro atoms. The zero-order valence-electron chi connectivity index (χ0n) is 15.1. The van der Waals surface area contributed by atoms with Crippen LogP contribution >= 0.6 is 23.4 Å². The number of esters is 1. The third-order valence-corrected chi connectivity index (χ3v) is 5.20. The van der Waals surface area contributed by atoms with Crippen LogP contribution in [0.4, 0.5) is 0 Å². The molecule has 144 valence electrons. The van der Waals surface area contributed by atoms with Crippen molar-refractivity contribution in [2.45, 2.75) is 17.7 Å².